The summed E-state index contributed by atoms with van der Waals surface area (Å²) >= 11 is 6.04. The zero-order chi connectivity index (χ0) is 24.8. The standard InChI is InChI=1S/C25H28ClFN4O3S/c26-18-6-11-22-23(12-13-28-24(22)16-18)29-14-15-30-25(32)17-31(20-4-2-1-3-5-20)35(33,34)21-9-7-19(27)8-10-21/h6-13,16,20H,1-5,14-15,17H2,(H,28,29)(H,30,32). The molecular weight excluding hydrogens is 491 g/mol. The van der Waals surface area contributed by atoms with Crippen LogP contribution in [0.5, 0.6) is 0 Å². The molecule has 0 radical (unpaired) electrons. The Kier molecular flexibility index (Phi) is 8.20. The summed E-state index contributed by atoms with van der Waals surface area (Å²) < 4.78 is 41.3. The predicted molar refractivity (Wildman–Crippen MR) is 135 cm³/mol. The molecule has 1 aliphatic rings. The summed E-state index contributed by atoms with van der Waals surface area (Å²) in [6.07, 6.45) is 5.97. The average Bonchev–Trinajstić information content (AvgIpc) is 2.85. The van der Waals surface area contributed by atoms with E-state index in [0.29, 0.717) is 31.0 Å². The van der Waals surface area contributed by atoms with E-state index in [0.717, 1.165) is 48.0 Å². The van der Waals surface area contributed by atoms with Crippen molar-refractivity contribution in [3.8, 4) is 0 Å². The highest BCUT2D eigenvalue weighted by atomic mass is 35.5. The number of halogens is 2. The van der Waals surface area contributed by atoms with Gasteiger partial charge in [0.1, 0.15) is 5.82 Å². The number of anilines is 1. The molecule has 1 aliphatic carbocycles. The monoisotopic (exact) mass is 518 g/mol. The van der Waals surface area contributed by atoms with Crippen molar-refractivity contribution in [2.45, 2.75) is 43.0 Å². The van der Waals surface area contributed by atoms with Crippen LogP contribution in [0.25, 0.3) is 10.9 Å². The highest BCUT2D eigenvalue weighted by Gasteiger charge is 2.33. The van der Waals surface area contributed by atoms with Crippen LogP contribution in [0.2, 0.25) is 5.02 Å². The molecule has 186 valence electrons. The first-order chi connectivity index (χ1) is 16.8. The van der Waals surface area contributed by atoms with Crippen LogP contribution in [0.4, 0.5) is 10.1 Å². The number of nitrogens with one attached hydrogen (secondary N) is 2. The molecule has 35 heavy (non-hydrogen) atoms. The summed E-state index contributed by atoms with van der Waals surface area (Å²) in [5.74, 6) is -0.891. The van der Waals surface area contributed by atoms with Gasteiger partial charge in [0.05, 0.1) is 17.0 Å². The van der Waals surface area contributed by atoms with E-state index in [1.807, 2.05) is 12.1 Å². The lowest BCUT2D eigenvalue weighted by atomic mass is 9.95. The molecule has 10 heteroatoms. The van der Waals surface area contributed by atoms with Crippen LogP contribution in [-0.2, 0) is 14.8 Å². The second-order valence-electron chi connectivity index (χ2n) is 8.59. The van der Waals surface area contributed by atoms with Crippen molar-refractivity contribution >= 4 is 44.1 Å². The molecule has 2 aromatic carbocycles. The van der Waals surface area contributed by atoms with Gasteiger partial charge < -0.3 is 10.6 Å². The molecule has 7 nitrogen and oxygen atoms in total. The highest BCUT2D eigenvalue weighted by Crippen LogP contribution is 2.28. The van der Waals surface area contributed by atoms with Crippen molar-refractivity contribution in [1.82, 2.24) is 14.6 Å². The smallest absolute Gasteiger partial charge is 0.243 e. The topological polar surface area (TPSA) is 91.4 Å². The Balaban J connectivity index is 1.39. The minimum atomic E-state index is -3.94. The summed E-state index contributed by atoms with van der Waals surface area (Å²) in [6.45, 7) is 0.480. The molecule has 1 aromatic heterocycles. The molecule has 1 heterocycles. The van der Waals surface area contributed by atoms with Gasteiger partial charge in [-0.15, -0.1) is 0 Å². The van der Waals surface area contributed by atoms with Crippen molar-refractivity contribution < 1.29 is 17.6 Å². The van der Waals surface area contributed by atoms with Gasteiger partial charge in [0.15, 0.2) is 0 Å². The molecule has 0 saturated heterocycles. The predicted octanol–water partition coefficient (Wildman–Crippen LogP) is 4.58. The van der Waals surface area contributed by atoms with Gasteiger partial charge in [-0.05, 0) is 61.4 Å². The quantitative estimate of drug-likeness (QED) is 0.405. The Morgan fingerprint density at radius 3 is 2.54 bits per heavy atom. The Bertz CT molecular complexity index is 1280. The third kappa shape index (κ3) is 6.28. The maximum Gasteiger partial charge on any atom is 0.243 e. The van der Waals surface area contributed by atoms with E-state index in [2.05, 4.69) is 15.6 Å². The normalized spacial score (nSPS) is 14.8. The van der Waals surface area contributed by atoms with Crippen LogP contribution in [0.3, 0.4) is 0 Å². The van der Waals surface area contributed by atoms with Crippen LogP contribution >= 0.6 is 11.6 Å². The van der Waals surface area contributed by atoms with Crippen molar-refractivity contribution in [1.29, 1.82) is 0 Å². The number of benzene rings is 2. The van der Waals surface area contributed by atoms with E-state index in [4.69, 9.17) is 11.6 Å². The van der Waals surface area contributed by atoms with E-state index in [-0.39, 0.29) is 23.4 Å². The molecule has 1 saturated carbocycles. The minimum absolute atomic E-state index is 0.0105. The van der Waals surface area contributed by atoms with Crippen LogP contribution in [0.1, 0.15) is 32.1 Å². The zero-order valence-corrected chi connectivity index (χ0v) is 20.8. The lowest BCUT2D eigenvalue weighted by molar-refractivity contribution is -0.121. The van der Waals surface area contributed by atoms with Gasteiger partial charge in [-0.3, -0.25) is 9.78 Å². The molecule has 3 aromatic rings. The highest BCUT2D eigenvalue weighted by molar-refractivity contribution is 7.89. The third-order valence-electron chi connectivity index (χ3n) is 6.17. The molecular formula is C25H28ClFN4O3S. The van der Waals surface area contributed by atoms with Crippen molar-refractivity contribution in [3.63, 3.8) is 0 Å². The lowest BCUT2D eigenvalue weighted by Gasteiger charge is -2.33. The number of hydrogen-bond donors (Lipinski definition) is 2. The third-order valence-corrected chi connectivity index (χ3v) is 8.32. The number of aromatic nitrogens is 1. The van der Waals surface area contributed by atoms with Gasteiger partial charge >= 0.3 is 0 Å². The number of hydrogen-bond acceptors (Lipinski definition) is 5. The van der Waals surface area contributed by atoms with Gasteiger partial charge in [0.25, 0.3) is 0 Å². The number of nitrogens with zero attached hydrogens (tertiary/aromatic N) is 2. The van der Waals surface area contributed by atoms with Gasteiger partial charge in [0, 0.05) is 41.4 Å². The molecule has 0 atom stereocenters. The number of carbonyl (C=O) groups is 1. The lowest BCUT2D eigenvalue weighted by Crippen LogP contribution is -2.47. The molecule has 0 aliphatic heterocycles. The van der Waals surface area contributed by atoms with Crippen LogP contribution in [-0.4, -0.2) is 49.3 Å². The van der Waals surface area contributed by atoms with Crippen LogP contribution in [0.15, 0.2) is 59.6 Å². The number of sulfonamides is 1. The second-order valence-corrected chi connectivity index (χ2v) is 10.9. The Morgan fingerprint density at radius 2 is 1.80 bits per heavy atom. The molecule has 1 fully saturated rings. The molecule has 0 bridgehead atoms. The van der Waals surface area contributed by atoms with Crippen LogP contribution < -0.4 is 10.6 Å². The number of carbonyl (C=O) groups excluding carboxylic acids is 1. The van der Waals surface area contributed by atoms with Crippen molar-refractivity contribution in [3.05, 3.63) is 65.6 Å². The summed E-state index contributed by atoms with van der Waals surface area (Å²) in [5, 5.41) is 7.60. The fraction of sp³-hybridized carbons (Fsp3) is 0.360. The van der Waals surface area contributed by atoms with E-state index in [1.165, 1.54) is 16.4 Å². The molecule has 4 rings (SSSR count). The maximum absolute atomic E-state index is 13.4. The Labute approximate surface area is 209 Å². The van der Waals surface area contributed by atoms with Crippen LogP contribution in [0, 0.1) is 5.82 Å². The van der Waals surface area contributed by atoms with Crippen molar-refractivity contribution in [2.75, 3.05) is 25.0 Å². The minimum Gasteiger partial charge on any atom is -0.383 e. The van der Waals surface area contributed by atoms with Gasteiger partial charge in [-0.1, -0.05) is 30.9 Å². The number of pyridine rings is 1. The van der Waals surface area contributed by atoms with E-state index in [1.54, 1.807) is 18.3 Å². The summed E-state index contributed by atoms with van der Waals surface area (Å²) in [4.78, 5) is 17.1. The number of fused-ring (bicyclic) bond motifs is 1. The maximum atomic E-state index is 13.4. The first kappa shape index (κ1) is 25.3. The van der Waals surface area contributed by atoms with E-state index >= 15 is 0 Å². The summed E-state index contributed by atoms with van der Waals surface area (Å²) in [7, 11) is -3.94. The number of rotatable bonds is 9. The Hall–Kier alpha value is -2.75. The zero-order valence-electron chi connectivity index (χ0n) is 19.2. The number of amides is 1. The van der Waals surface area contributed by atoms with Gasteiger partial charge in [-0.2, -0.15) is 4.31 Å². The molecule has 2 N–H and O–H groups in total. The van der Waals surface area contributed by atoms with E-state index in [9.17, 15) is 17.6 Å². The second kappa shape index (κ2) is 11.3. The molecule has 0 unspecified atom stereocenters. The van der Waals surface area contributed by atoms with Crippen molar-refractivity contribution in [2.24, 2.45) is 0 Å². The molecule has 0 spiro atoms. The fourth-order valence-electron chi connectivity index (χ4n) is 4.39. The largest absolute Gasteiger partial charge is 0.383 e. The van der Waals surface area contributed by atoms with E-state index < -0.39 is 15.8 Å². The van der Waals surface area contributed by atoms with Gasteiger partial charge in [-0.25, -0.2) is 12.8 Å². The summed E-state index contributed by atoms with van der Waals surface area (Å²) in [5.41, 5.74) is 1.63. The average molecular weight is 519 g/mol. The SMILES string of the molecule is O=C(CN(C1CCCCC1)S(=O)(=O)c1ccc(F)cc1)NCCNc1ccnc2cc(Cl)ccc12. The fourth-order valence-corrected chi connectivity index (χ4v) is 6.20. The first-order valence-corrected chi connectivity index (χ1v) is 13.5. The van der Waals surface area contributed by atoms with Gasteiger partial charge in [0.2, 0.25) is 15.9 Å². The first-order valence-electron chi connectivity index (χ1n) is 11.7. The Morgan fingerprint density at radius 1 is 1.06 bits per heavy atom. The summed E-state index contributed by atoms with van der Waals surface area (Å²) in [6, 6.07) is 11.8. The molecule has 1 amide bonds.